The van der Waals surface area contributed by atoms with Crippen molar-refractivity contribution < 1.29 is 26.7 Å². The van der Waals surface area contributed by atoms with E-state index in [9.17, 15) is 26.7 Å². The number of hydrogen-bond acceptors (Lipinski definition) is 7. The summed E-state index contributed by atoms with van der Waals surface area (Å²) in [5.41, 5.74) is -0.868. The summed E-state index contributed by atoms with van der Waals surface area (Å²) in [4.78, 5) is 31.8. The van der Waals surface area contributed by atoms with Crippen LogP contribution in [0, 0.1) is 5.41 Å². The van der Waals surface area contributed by atoms with E-state index in [-0.39, 0.29) is 30.3 Å². The van der Waals surface area contributed by atoms with Crippen LogP contribution in [0.1, 0.15) is 25.0 Å². The van der Waals surface area contributed by atoms with Crippen LogP contribution < -0.4 is 9.80 Å². The molecule has 14 heteroatoms. The van der Waals surface area contributed by atoms with Crippen LogP contribution in [-0.2, 0) is 17.5 Å². The molecule has 0 N–H and O–H groups in total. The molecule has 2 fully saturated rings. The molecule has 0 atom stereocenters. The van der Waals surface area contributed by atoms with Gasteiger partial charge in [-0.2, -0.15) is 18.3 Å². The van der Waals surface area contributed by atoms with Crippen molar-refractivity contribution in [3.63, 3.8) is 0 Å². The first-order chi connectivity index (χ1) is 16.1. The number of hydrogen-bond donors (Lipinski definition) is 0. The van der Waals surface area contributed by atoms with Gasteiger partial charge in [0.1, 0.15) is 17.9 Å². The SMILES string of the molecule is O=C1CC2(CCN(c3cnc4cnn(CC(F)F)c4n3)CC2)CN1c1cncc(C(F)(F)F)n1. The number of carbonyl (C=O) groups is 1. The van der Waals surface area contributed by atoms with Gasteiger partial charge in [-0.15, -0.1) is 0 Å². The number of fused-ring (bicyclic) bond motifs is 1. The van der Waals surface area contributed by atoms with Gasteiger partial charge in [0, 0.05) is 31.5 Å². The van der Waals surface area contributed by atoms with Gasteiger partial charge in [-0.25, -0.2) is 28.4 Å². The Bertz CT molecular complexity index is 1220. The van der Waals surface area contributed by atoms with E-state index in [2.05, 4.69) is 25.0 Å². The van der Waals surface area contributed by atoms with E-state index in [4.69, 9.17) is 0 Å². The van der Waals surface area contributed by atoms with Gasteiger partial charge in [0.15, 0.2) is 17.2 Å². The van der Waals surface area contributed by atoms with Crippen LogP contribution >= 0.6 is 0 Å². The van der Waals surface area contributed by atoms with E-state index >= 15 is 0 Å². The van der Waals surface area contributed by atoms with Crippen molar-refractivity contribution in [2.45, 2.75) is 38.4 Å². The zero-order valence-electron chi connectivity index (χ0n) is 17.7. The minimum absolute atomic E-state index is 0.109. The Hall–Kier alpha value is -3.45. The van der Waals surface area contributed by atoms with Gasteiger partial charge in [-0.1, -0.05) is 0 Å². The van der Waals surface area contributed by atoms with Crippen molar-refractivity contribution in [3.05, 3.63) is 30.5 Å². The summed E-state index contributed by atoms with van der Waals surface area (Å²) in [6.45, 7) is 0.722. The molecule has 1 spiro atoms. The average Bonchev–Trinajstić information content (AvgIpc) is 3.33. The van der Waals surface area contributed by atoms with Crippen molar-refractivity contribution in [1.29, 1.82) is 0 Å². The first-order valence-corrected chi connectivity index (χ1v) is 10.5. The maximum absolute atomic E-state index is 13.0. The molecule has 5 heterocycles. The van der Waals surface area contributed by atoms with E-state index < -0.39 is 30.3 Å². The minimum atomic E-state index is -4.65. The fourth-order valence-electron chi connectivity index (χ4n) is 4.53. The Kier molecular flexibility index (Phi) is 5.32. The van der Waals surface area contributed by atoms with Crippen LogP contribution in [0.15, 0.2) is 24.8 Å². The highest BCUT2D eigenvalue weighted by Gasteiger charge is 2.46. The number of anilines is 2. The van der Waals surface area contributed by atoms with Gasteiger partial charge in [0.05, 0.1) is 24.8 Å². The lowest BCUT2D eigenvalue weighted by Gasteiger charge is -2.39. The van der Waals surface area contributed by atoms with Crippen LogP contribution in [0.3, 0.4) is 0 Å². The second-order valence-electron chi connectivity index (χ2n) is 8.56. The van der Waals surface area contributed by atoms with Crippen molar-refractivity contribution in [2.24, 2.45) is 5.41 Å². The molecule has 34 heavy (non-hydrogen) atoms. The molecule has 0 bridgehead atoms. The third-order valence-corrected chi connectivity index (χ3v) is 6.30. The van der Waals surface area contributed by atoms with Gasteiger partial charge in [-0.3, -0.25) is 14.7 Å². The molecule has 0 unspecified atom stereocenters. The monoisotopic (exact) mass is 482 g/mol. The highest BCUT2D eigenvalue weighted by molar-refractivity contribution is 5.95. The average molecular weight is 482 g/mol. The first kappa shape index (κ1) is 22.3. The lowest BCUT2D eigenvalue weighted by atomic mass is 9.77. The van der Waals surface area contributed by atoms with Crippen molar-refractivity contribution in [1.82, 2.24) is 29.7 Å². The summed E-state index contributed by atoms with van der Waals surface area (Å²) in [5.74, 6) is 0.116. The predicted octanol–water partition coefficient (Wildman–Crippen LogP) is 2.92. The molecule has 180 valence electrons. The van der Waals surface area contributed by atoms with Crippen LogP contribution in [0.2, 0.25) is 0 Å². The van der Waals surface area contributed by atoms with Crippen LogP contribution in [0.25, 0.3) is 11.2 Å². The highest BCUT2D eigenvalue weighted by Crippen LogP contribution is 2.43. The summed E-state index contributed by atoms with van der Waals surface area (Å²) in [6.07, 6.45) is -1.11. The van der Waals surface area contributed by atoms with Gasteiger partial charge in [-0.05, 0) is 12.8 Å². The minimum Gasteiger partial charge on any atom is -0.355 e. The lowest BCUT2D eigenvalue weighted by molar-refractivity contribution is -0.141. The Morgan fingerprint density at radius 3 is 2.50 bits per heavy atom. The topological polar surface area (TPSA) is 92.9 Å². The number of alkyl halides is 5. The molecule has 3 aromatic rings. The molecule has 0 aliphatic carbocycles. The number of halogens is 5. The van der Waals surface area contributed by atoms with Gasteiger partial charge in [0.2, 0.25) is 5.91 Å². The fraction of sp³-hybridized carbons (Fsp3) is 0.500. The Morgan fingerprint density at radius 1 is 1.03 bits per heavy atom. The summed E-state index contributed by atoms with van der Waals surface area (Å²) < 4.78 is 65.7. The Morgan fingerprint density at radius 2 is 1.79 bits per heavy atom. The molecule has 3 aromatic heterocycles. The molecule has 2 saturated heterocycles. The summed E-state index contributed by atoms with van der Waals surface area (Å²) in [7, 11) is 0. The van der Waals surface area contributed by atoms with Crippen molar-refractivity contribution >= 4 is 28.7 Å². The Balaban J connectivity index is 1.30. The second-order valence-corrected chi connectivity index (χ2v) is 8.56. The van der Waals surface area contributed by atoms with E-state index in [1.165, 1.54) is 11.1 Å². The molecule has 2 aliphatic rings. The zero-order valence-corrected chi connectivity index (χ0v) is 17.7. The molecule has 0 saturated carbocycles. The van der Waals surface area contributed by atoms with Crippen molar-refractivity contribution in [3.8, 4) is 0 Å². The standard InChI is InChI=1S/C20H19F5N8O/c21-14(22)10-33-18-12(6-28-33)27-9-15(30-18)31-3-1-19(2-4-31)5-17(34)32(11-19)16-8-26-7-13(29-16)20(23,24)25/h6-9,14H,1-5,10-11H2. The van der Waals surface area contributed by atoms with E-state index in [1.54, 1.807) is 6.20 Å². The number of nitrogens with zero attached hydrogens (tertiary/aromatic N) is 8. The van der Waals surface area contributed by atoms with Gasteiger partial charge >= 0.3 is 6.18 Å². The third kappa shape index (κ3) is 4.12. The van der Waals surface area contributed by atoms with Gasteiger partial charge in [0.25, 0.3) is 6.43 Å². The smallest absolute Gasteiger partial charge is 0.355 e. The molecule has 9 nitrogen and oxygen atoms in total. The summed E-state index contributed by atoms with van der Waals surface area (Å²) in [6, 6.07) is 0. The maximum atomic E-state index is 13.0. The zero-order chi connectivity index (χ0) is 24.1. The van der Waals surface area contributed by atoms with Crippen LogP contribution in [0.4, 0.5) is 33.6 Å². The van der Waals surface area contributed by atoms with Crippen molar-refractivity contribution in [2.75, 3.05) is 29.4 Å². The number of aromatic nitrogens is 6. The molecule has 0 aromatic carbocycles. The normalized spacial score (nSPS) is 18.6. The molecule has 2 aliphatic heterocycles. The molecule has 1 amide bonds. The molecular weight excluding hydrogens is 463 g/mol. The second kappa shape index (κ2) is 8.09. The summed E-state index contributed by atoms with van der Waals surface area (Å²) in [5, 5.41) is 3.92. The summed E-state index contributed by atoms with van der Waals surface area (Å²) >= 11 is 0. The molecular formula is C20H19F5N8O. The molecule has 0 radical (unpaired) electrons. The molecule has 5 rings (SSSR count). The Labute approximate surface area is 189 Å². The number of rotatable bonds is 4. The predicted molar refractivity (Wildman–Crippen MR) is 109 cm³/mol. The quantitative estimate of drug-likeness (QED) is 0.528. The highest BCUT2D eigenvalue weighted by atomic mass is 19.4. The first-order valence-electron chi connectivity index (χ1n) is 10.5. The van der Waals surface area contributed by atoms with E-state index in [0.717, 1.165) is 10.9 Å². The number of piperidine rings is 1. The van der Waals surface area contributed by atoms with Crippen LogP contribution in [0.5, 0.6) is 0 Å². The third-order valence-electron chi connectivity index (χ3n) is 6.30. The maximum Gasteiger partial charge on any atom is 0.434 e. The lowest BCUT2D eigenvalue weighted by Crippen LogP contribution is -2.42. The number of amides is 1. The van der Waals surface area contributed by atoms with E-state index in [0.29, 0.717) is 43.5 Å². The fourth-order valence-corrected chi connectivity index (χ4v) is 4.53. The van der Waals surface area contributed by atoms with E-state index in [1.807, 2.05) is 4.90 Å². The largest absolute Gasteiger partial charge is 0.434 e. The number of carbonyl (C=O) groups excluding carboxylic acids is 1. The van der Waals surface area contributed by atoms with Gasteiger partial charge < -0.3 is 4.90 Å². The van der Waals surface area contributed by atoms with Crippen LogP contribution in [-0.4, -0.2) is 61.7 Å².